The number of para-hydroxylation sites is 1. The van der Waals surface area contributed by atoms with Gasteiger partial charge in [-0.05, 0) is 25.5 Å². The number of allylic oxidation sites excluding steroid dienone is 5. The van der Waals surface area contributed by atoms with Crippen LogP contribution in [0.1, 0.15) is 30.7 Å². The number of nitrogens with zero attached hydrogens (tertiary/aromatic N) is 3. The third-order valence-corrected chi connectivity index (χ3v) is 5.78. The Labute approximate surface area is 202 Å². The van der Waals surface area contributed by atoms with Crippen LogP contribution >= 0.6 is 0 Å². The van der Waals surface area contributed by atoms with Gasteiger partial charge in [0.25, 0.3) is 11.2 Å². The van der Waals surface area contributed by atoms with Gasteiger partial charge in [0.05, 0.1) is 36.3 Å². The molecule has 3 atom stereocenters. The standard InChI is InChI=1S/C25H29N3O7/c1-4-6-9-18(5-2)14-27-24(30)17(3)13-26(25(27)31)23-12-21(22(15-29)35-23)34-16-19-10-7-8-11-20(19)28(32)33/h4-11,13,21-23,29H,2,12,14-16H2,1,3H3/b6-4-,18-9+/t21-,22?,23-/m1/s1. The number of aliphatic hydroxyl groups excluding tert-OH is 1. The van der Waals surface area contributed by atoms with E-state index in [2.05, 4.69) is 6.58 Å². The Bertz CT molecular complexity index is 1260. The van der Waals surface area contributed by atoms with Crippen molar-refractivity contribution in [3.8, 4) is 0 Å². The second-order valence-corrected chi connectivity index (χ2v) is 8.15. The lowest BCUT2D eigenvalue weighted by Crippen LogP contribution is -2.42. The van der Waals surface area contributed by atoms with Gasteiger partial charge in [-0.25, -0.2) is 4.79 Å². The molecule has 1 aromatic carbocycles. The van der Waals surface area contributed by atoms with Gasteiger partial charge in [-0.1, -0.05) is 43.0 Å². The van der Waals surface area contributed by atoms with Crippen LogP contribution in [0.5, 0.6) is 0 Å². The van der Waals surface area contributed by atoms with E-state index in [-0.39, 0.29) is 31.9 Å². The van der Waals surface area contributed by atoms with Crippen LogP contribution in [0, 0.1) is 17.0 Å². The van der Waals surface area contributed by atoms with Crippen LogP contribution in [0.4, 0.5) is 5.69 Å². The molecule has 0 spiro atoms. The van der Waals surface area contributed by atoms with Crippen LogP contribution in [0.25, 0.3) is 0 Å². The topological polar surface area (TPSA) is 126 Å². The van der Waals surface area contributed by atoms with Gasteiger partial charge < -0.3 is 14.6 Å². The van der Waals surface area contributed by atoms with Gasteiger partial charge in [-0.15, -0.1) is 0 Å². The maximum Gasteiger partial charge on any atom is 0.333 e. The molecule has 1 saturated heterocycles. The molecule has 2 aromatic rings. The summed E-state index contributed by atoms with van der Waals surface area (Å²) in [6.45, 7) is 6.84. The zero-order chi connectivity index (χ0) is 25.5. The Morgan fingerprint density at radius 1 is 1.37 bits per heavy atom. The predicted octanol–water partition coefficient (Wildman–Crippen LogP) is 2.78. The number of benzene rings is 1. The summed E-state index contributed by atoms with van der Waals surface area (Å²) in [5.41, 5.74) is 0.393. The summed E-state index contributed by atoms with van der Waals surface area (Å²) in [5.74, 6) is 0. The summed E-state index contributed by atoms with van der Waals surface area (Å²) in [4.78, 5) is 36.7. The molecular formula is C25H29N3O7. The minimum atomic E-state index is -0.785. The zero-order valence-electron chi connectivity index (χ0n) is 19.7. The molecule has 186 valence electrons. The van der Waals surface area contributed by atoms with Crippen molar-refractivity contribution in [3.63, 3.8) is 0 Å². The van der Waals surface area contributed by atoms with Crippen LogP contribution in [0.3, 0.4) is 0 Å². The third-order valence-electron chi connectivity index (χ3n) is 5.78. The molecule has 1 aromatic heterocycles. The van der Waals surface area contributed by atoms with Crippen LogP contribution < -0.4 is 11.2 Å². The molecule has 0 aliphatic carbocycles. The van der Waals surface area contributed by atoms with E-state index in [9.17, 15) is 24.8 Å². The van der Waals surface area contributed by atoms with E-state index < -0.39 is 34.6 Å². The summed E-state index contributed by atoms with van der Waals surface area (Å²) in [5, 5.41) is 21.1. The molecule has 0 bridgehead atoms. The molecule has 10 heteroatoms. The summed E-state index contributed by atoms with van der Waals surface area (Å²) in [6.07, 6.45) is 6.48. The van der Waals surface area contributed by atoms with Gasteiger partial charge in [0.1, 0.15) is 12.3 Å². The van der Waals surface area contributed by atoms with E-state index in [1.165, 1.54) is 16.8 Å². The lowest BCUT2D eigenvalue weighted by Gasteiger charge is -2.17. The SMILES string of the molecule is C=C/C(=C\C=C/C)Cn1c(=O)c(C)cn([C@H]2C[C@@H](OCc3ccccc3[N+](=O)[O-])C(CO)O2)c1=O. The molecule has 1 N–H and O–H groups in total. The number of hydrogen-bond donors (Lipinski definition) is 1. The van der Waals surface area contributed by atoms with Gasteiger partial charge in [0.15, 0.2) is 0 Å². The number of hydrogen-bond acceptors (Lipinski definition) is 7. The van der Waals surface area contributed by atoms with Crippen molar-refractivity contribution in [1.29, 1.82) is 0 Å². The molecule has 1 unspecified atom stereocenters. The molecule has 10 nitrogen and oxygen atoms in total. The number of nitro benzene ring substituents is 1. The molecule has 3 rings (SSSR count). The molecule has 0 saturated carbocycles. The Balaban J connectivity index is 1.86. The Morgan fingerprint density at radius 2 is 2.11 bits per heavy atom. The highest BCUT2D eigenvalue weighted by atomic mass is 16.6. The van der Waals surface area contributed by atoms with Crippen molar-refractivity contribution in [3.05, 3.63) is 109 Å². The van der Waals surface area contributed by atoms with E-state index >= 15 is 0 Å². The van der Waals surface area contributed by atoms with Crippen molar-refractivity contribution >= 4 is 5.69 Å². The van der Waals surface area contributed by atoms with Crippen molar-refractivity contribution in [2.45, 2.75) is 51.9 Å². The predicted molar refractivity (Wildman–Crippen MR) is 130 cm³/mol. The molecule has 1 aliphatic heterocycles. The Morgan fingerprint density at radius 3 is 2.77 bits per heavy atom. The lowest BCUT2D eigenvalue weighted by molar-refractivity contribution is -0.386. The van der Waals surface area contributed by atoms with Gasteiger partial charge >= 0.3 is 5.69 Å². The quantitative estimate of drug-likeness (QED) is 0.313. The highest BCUT2D eigenvalue weighted by molar-refractivity contribution is 5.39. The van der Waals surface area contributed by atoms with Crippen molar-refractivity contribution in [1.82, 2.24) is 9.13 Å². The van der Waals surface area contributed by atoms with E-state index in [0.29, 0.717) is 16.7 Å². The first-order valence-corrected chi connectivity index (χ1v) is 11.2. The molecular weight excluding hydrogens is 454 g/mol. The minimum Gasteiger partial charge on any atom is -0.394 e. The molecule has 35 heavy (non-hydrogen) atoms. The maximum atomic E-state index is 13.2. The van der Waals surface area contributed by atoms with Crippen molar-refractivity contribution in [2.75, 3.05) is 6.61 Å². The van der Waals surface area contributed by atoms with Gasteiger partial charge in [-0.2, -0.15) is 0 Å². The van der Waals surface area contributed by atoms with Crippen LogP contribution in [-0.2, 0) is 22.6 Å². The zero-order valence-corrected chi connectivity index (χ0v) is 19.7. The number of aliphatic hydroxyl groups is 1. The summed E-state index contributed by atoms with van der Waals surface area (Å²) in [6, 6.07) is 6.24. The van der Waals surface area contributed by atoms with E-state index in [4.69, 9.17) is 9.47 Å². The van der Waals surface area contributed by atoms with Gasteiger partial charge in [0.2, 0.25) is 0 Å². The molecule has 0 radical (unpaired) electrons. The third kappa shape index (κ3) is 5.91. The normalized spacial score (nSPS) is 20.4. The van der Waals surface area contributed by atoms with E-state index in [1.807, 2.05) is 13.0 Å². The molecule has 1 aliphatic rings. The summed E-state index contributed by atoms with van der Waals surface area (Å²) >= 11 is 0. The number of aromatic nitrogens is 2. The molecule has 0 amide bonds. The van der Waals surface area contributed by atoms with Gasteiger partial charge in [-0.3, -0.25) is 24.0 Å². The largest absolute Gasteiger partial charge is 0.394 e. The van der Waals surface area contributed by atoms with Crippen LogP contribution in [0.15, 0.2) is 76.5 Å². The first kappa shape index (κ1) is 26.0. The first-order valence-electron chi connectivity index (χ1n) is 11.2. The average Bonchev–Trinajstić information content (AvgIpc) is 3.27. The fourth-order valence-corrected chi connectivity index (χ4v) is 3.91. The number of rotatable bonds is 10. The average molecular weight is 484 g/mol. The lowest BCUT2D eigenvalue weighted by atomic mass is 10.1. The number of nitro groups is 1. The van der Waals surface area contributed by atoms with Crippen molar-refractivity contribution in [2.24, 2.45) is 0 Å². The molecule has 1 fully saturated rings. The number of aryl methyl sites for hydroxylation is 1. The first-order chi connectivity index (χ1) is 16.8. The van der Waals surface area contributed by atoms with Gasteiger partial charge in [0, 0.05) is 24.2 Å². The fourth-order valence-electron chi connectivity index (χ4n) is 3.91. The highest BCUT2D eigenvalue weighted by Crippen LogP contribution is 2.31. The Hall–Kier alpha value is -3.60. The smallest absolute Gasteiger partial charge is 0.333 e. The fraction of sp³-hybridized carbons (Fsp3) is 0.360. The Kier molecular flexibility index (Phi) is 8.69. The van der Waals surface area contributed by atoms with E-state index in [1.54, 1.807) is 43.4 Å². The second-order valence-electron chi connectivity index (χ2n) is 8.15. The summed E-state index contributed by atoms with van der Waals surface area (Å²) < 4.78 is 14.2. The summed E-state index contributed by atoms with van der Waals surface area (Å²) in [7, 11) is 0. The highest BCUT2D eigenvalue weighted by Gasteiger charge is 2.37. The van der Waals surface area contributed by atoms with Crippen molar-refractivity contribution < 1.29 is 19.5 Å². The minimum absolute atomic E-state index is 0.0426. The maximum absolute atomic E-state index is 13.2. The number of ether oxygens (including phenoxy) is 2. The van der Waals surface area contributed by atoms with Crippen LogP contribution in [0.2, 0.25) is 0 Å². The molecule has 2 heterocycles. The van der Waals surface area contributed by atoms with Crippen LogP contribution in [-0.4, -0.2) is 38.0 Å². The monoisotopic (exact) mass is 483 g/mol. The second kappa shape index (κ2) is 11.7. The van der Waals surface area contributed by atoms with E-state index in [0.717, 1.165) is 4.57 Å².